The maximum Gasteiger partial charge on any atom is 0.354 e. The van der Waals surface area contributed by atoms with Gasteiger partial charge in [-0.25, -0.2) is 4.79 Å². The topological polar surface area (TPSA) is 40.5 Å². The second-order valence-electron chi connectivity index (χ2n) is 3.22. The molecule has 0 aliphatic carbocycles. The van der Waals surface area contributed by atoms with Crippen molar-refractivity contribution in [3.05, 3.63) is 24.0 Å². The van der Waals surface area contributed by atoms with Gasteiger partial charge in [-0.3, -0.25) is 0 Å². The van der Waals surface area contributed by atoms with Gasteiger partial charge in [0, 0.05) is 19.9 Å². The molecule has 0 N–H and O–H groups in total. The summed E-state index contributed by atoms with van der Waals surface area (Å²) in [6, 6.07) is 3.59. The van der Waals surface area contributed by atoms with Crippen molar-refractivity contribution in [2.24, 2.45) is 0 Å². The van der Waals surface area contributed by atoms with Gasteiger partial charge in [-0.1, -0.05) is 6.92 Å². The maximum absolute atomic E-state index is 11.6. The van der Waals surface area contributed by atoms with Gasteiger partial charge >= 0.3 is 5.97 Å². The van der Waals surface area contributed by atoms with Crippen molar-refractivity contribution in [2.75, 3.05) is 20.3 Å². The third-order valence-electron chi connectivity index (χ3n) is 2.01. The zero-order chi connectivity index (χ0) is 11.1. The van der Waals surface area contributed by atoms with Gasteiger partial charge in [0.25, 0.3) is 0 Å². The highest BCUT2D eigenvalue weighted by atomic mass is 16.5. The first-order chi connectivity index (χ1) is 7.29. The van der Waals surface area contributed by atoms with E-state index < -0.39 is 0 Å². The van der Waals surface area contributed by atoms with E-state index in [4.69, 9.17) is 9.47 Å². The molecule has 1 rings (SSSR count). The first-order valence-corrected chi connectivity index (χ1v) is 5.10. The number of esters is 1. The largest absolute Gasteiger partial charge is 0.461 e. The molecule has 0 saturated heterocycles. The second-order valence-corrected chi connectivity index (χ2v) is 3.22. The monoisotopic (exact) mass is 211 g/mol. The molecule has 0 aromatic carbocycles. The molecule has 0 atom stereocenters. The molecule has 0 unspecified atom stereocenters. The minimum absolute atomic E-state index is 0.266. The number of aromatic nitrogens is 1. The lowest BCUT2D eigenvalue weighted by atomic mass is 10.4. The molecule has 0 saturated carbocycles. The van der Waals surface area contributed by atoms with Crippen molar-refractivity contribution in [3.8, 4) is 0 Å². The van der Waals surface area contributed by atoms with Crippen LogP contribution < -0.4 is 0 Å². The summed E-state index contributed by atoms with van der Waals surface area (Å²) >= 11 is 0. The molecule has 1 heterocycles. The Kier molecular flexibility index (Phi) is 4.90. The summed E-state index contributed by atoms with van der Waals surface area (Å²) < 4.78 is 11.8. The molecule has 84 valence electrons. The molecule has 0 aliphatic heterocycles. The predicted molar refractivity (Wildman–Crippen MR) is 56.9 cm³/mol. The molecule has 0 amide bonds. The first kappa shape index (κ1) is 11.8. The van der Waals surface area contributed by atoms with Crippen LogP contribution in [0.5, 0.6) is 0 Å². The van der Waals surface area contributed by atoms with Crippen molar-refractivity contribution in [3.63, 3.8) is 0 Å². The zero-order valence-corrected chi connectivity index (χ0v) is 9.23. The number of carbonyl (C=O) groups is 1. The normalized spacial score (nSPS) is 10.3. The molecule has 4 nitrogen and oxygen atoms in total. The number of hydrogen-bond donors (Lipinski definition) is 0. The Balaban J connectivity index is 2.58. The molecular formula is C11H17NO3. The summed E-state index contributed by atoms with van der Waals surface area (Å²) in [7, 11) is 1.64. The SMILES string of the molecule is CCCOC(=O)c1cccn1CCOC. The number of nitrogens with zero attached hydrogens (tertiary/aromatic N) is 1. The van der Waals surface area contributed by atoms with E-state index in [1.165, 1.54) is 0 Å². The van der Waals surface area contributed by atoms with Crippen LogP contribution in [0.25, 0.3) is 0 Å². The molecule has 4 heteroatoms. The third-order valence-corrected chi connectivity index (χ3v) is 2.01. The molecule has 0 radical (unpaired) electrons. The molecule has 0 bridgehead atoms. The van der Waals surface area contributed by atoms with Crippen LogP contribution in [0, 0.1) is 0 Å². The van der Waals surface area contributed by atoms with Gasteiger partial charge in [-0.05, 0) is 18.6 Å². The average molecular weight is 211 g/mol. The standard InChI is InChI=1S/C11H17NO3/c1-3-8-15-11(13)10-5-4-6-12(10)7-9-14-2/h4-6H,3,7-9H2,1-2H3. The van der Waals surface area contributed by atoms with Crippen LogP contribution in [0.1, 0.15) is 23.8 Å². The van der Waals surface area contributed by atoms with Crippen molar-refractivity contribution in [1.29, 1.82) is 0 Å². The van der Waals surface area contributed by atoms with Gasteiger partial charge in [0.15, 0.2) is 0 Å². The molecule has 1 aromatic heterocycles. The molecule has 0 spiro atoms. The minimum atomic E-state index is -0.266. The third kappa shape index (κ3) is 3.40. The molecule has 1 aromatic rings. The van der Waals surface area contributed by atoms with Crippen LogP contribution in [0.15, 0.2) is 18.3 Å². The summed E-state index contributed by atoms with van der Waals surface area (Å²) in [5, 5.41) is 0. The lowest BCUT2D eigenvalue weighted by molar-refractivity contribution is 0.0490. The second kappa shape index (κ2) is 6.24. The van der Waals surface area contributed by atoms with Crippen LogP contribution >= 0.6 is 0 Å². The Bertz CT molecular complexity index is 307. The van der Waals surface area contributed by atoms with Crippen molar-refractivity contribution in [1.82, 2.24) is 4.57 Å². The van der Waals surface area contributed by atoms with E-state index in [9.17, 15) is 4.79 Å². The zero-order valence-electron chi connectivity index (χ0n) is 9.23. The van der Waals surface area contributed by atoms with Gasteiger partial charge in [-0.2, -0.15) is 0 Å². The van der Waals surface area contributed by atoms with Gasteiger partial charge in [0.2, 0.25) is 0 Å². The van der Waals surface area contributed by atoms with E-state index in [0.29, 0.717) is 25.5 Å². The smallest absolute Gasteiger partial charge is 0.354 e. The van der Waals surface area contributed by atoms with Gasteiger partial charge in [0.1, 0.15) is 5.69 Å². The van der Waals surface area contributed by atoms with E-state index in [2.05, 4.69) is 0 Å². The summed E-state index contributed by atoms with van der Waals surface area (Å²) in [4.78, 5) is 11.6. The summed E-state index contributed by atoms with van der Waals surface area (Å²) in [5.74, 6) is -0.266. The number of methoxy groups -OCH3 is 1. The summed E-state index contributed by atoms with van der Waals surface area (Å²) in [6.45, 7) is 3.69. The van der Waals surface area contributed by atoms with Gasteiger partial charge in [-0.15, -0.1) is 0 Å². The van der Waals surface area contributed by atoms with Crippen LogP contribution in [0.4, 0.5) is 0 Å². The van der Waals surface area contributed by atoms with Crippen molar-refractivity contribution < 1.29 is 14.3 Å². The Labute approximate surface area is 89.8 Å². The average Bonchev–Trinajstić information content (AvgIpc) is 2.71. The van der Waals surface area contributed by atoms with Gasteiger partial charge < -0.3 is 14.0 Å². The quantitative estimate of drug-likeness (QED) is 0.672. The van der Waals surface area contributed by atoms with E-state index >= 15 is 0 Å². The highest BCUT2D eigenvalue weighted by Gasteiger charge is 2.11. The number of carbonyl (C=O) groups excluding carboxylic acids is 1. The highest BCUT2D eigenvalue weighted by molar-refractivity contribution is 5.87. The van der Waals surface area contributed by atoms with Gasteiger partial charge in [0.05, 0.1) is 13.2 Å². The number of rotatable bonds is 6. The summed E-state index contributed by atoms with van der Waals surface area (Å²) in [6.07, 6.45) is 2.69. The highest BCUT2D eigenvalue weighted by Crippen LogP contribution is 2.04. The number of ether oxygens (including phenoxy) is 2. The van der Waals surface area contributed by atoms with Crippen LogP contribution in [-0.2, 0) is 16.0 Å². The molecule has 0 aliphatic rings. The van der Waals surface area contributed by atoms with Crippen LogP contribution in [0.2, 0.25) is 0 Å². The Morgan fingerprint density at radius 1 is 1.47 bits per heavy atom. The van der Waals surface area contributed by atoms with Crippen LogP contribution in [-0.4, -0.2) is 30.9 Å². The van der Waals surface area contributed by atoms with E-state index in [-0.39, 0.29) is 5.97 Å². The molecule has 0 fully saturated rings. The van der Waals surface area contributed by atoms with E-state index in [1.807, 2.05) is 23.8 Å². The maximum atomic E-state index is 11.6. The van der Waals surface area contributed by atoms with Crippen LogP contribution in [0.3, 0.4) is 0 Å². The fourth-order valence-electron chi connectivity index (χ4n) is 1.25. The summed E-state index contributed by atoms with van der Waals surface area (Å²) in [5.41, 5.74) is 0.584. The predicted octanol–water partition coefficient (Wildman–Crippen LogP) is 1.70. The van der Waals surface area contributed by atoms with Crippen molar-refractivity contribution in [2.45, 2.75) is 19.9 Å². The Morgan fingerprint density at radius 2 is 2.27 bits per heavy atom. The van der Waals surface area contributed by atoms with E-state index in [1.54, 1.807) is 13.2 Å². The minimum Gasteiger partial charge on any atom is -0.461 e. The molecular weight excluding hydrogens is 194 g/mol. The lowest BCUT2D eigenvalue weighted by Gasteiger charge is -2.07. The van der Waals surface area contributed by atoms with E-state index in [0.717, 1.165) is 6.42 Å². The Morgan fingerprint density at radius 3 is 2.93 bits per heavy atom. The number of hydrogen-bond acceptors (Lipinski definition) is 3. The fraction of sp³-hybridized carbons (Fsp3) is 0.545. The lowest BCUT2D eigenvalue weighted by Crippen LogP contribution is -2.14. The molecule has 15 heavy (non-hydrogen) atoms. The Hall–Kier alpha value is -1.29. The fourth-order valence-corrected chi connectivity index (χ4v) is 1.25. The van der Waals surface area contributed by atoms with Crippen molar-refractivity contribution >= 4 is 5.97 Å². The first-order valence-electron chi connectivity index (χ1n) is 5.10.